The van der Waals surface area contributed by atoms with Gasteiger partial charge in [0.1, 0.15) is 0 Å². The molecule has 0 aliphatic carbocycles. The summed E-state index contributed by atoms with van der Waals surface area (Å²) in [6.45, 7) is 7.34. The van der Waals surface area contributed by atoms with Crippen LogP contribution in [0.5, 0.6) is 0 Å². The quantitative estimate of drug-likeness (QED) is 0.912. The van der Waals surface area contributed by atoms with Crippen molar-refractivity contribution in [2.75, 3.05) is 26.3 Å². The molecule has 0 bridgehead atoms. The van der Waals surface area contributed by atoms with Crippen molar-refractivity contribution in [1.29, 1.82) is 0 Å². The van der Waals surface area contributed by atoms with Crippen LogP contribution in [-0.2, 0) is 4.74 Å². The van der Waals surface area contributed by atoms with Crippen LogP contribution in [0.25, 0.3) is 0 Å². The van der Waals surface area contributed by atoms with Gasteiger partial charge in [-0.1, -0.05) is 33.6 Å². The zero-order valence-electron chi connectivity index (χ0n) is 11.3. The van der Waals surface area contributed by atoms with Crippen LogP contribution in [0.2, 0.25) is 5.02 Å². The number of halogens is 2. The van der Waals surface area contributed by atoms with E-state index in [1.165, 1.54) is 5.56 Å². The van der Waals surface area contributed by atoms with Gasteiger partial charge in [-0.2, -0.15) is 0 Å². The monoisotopic (exact) mass is 346 g/mol. The van der Waals surface area contributed by atoms with Gasteiger partial charge in [-0.25, -0.2) is 0 Å². The molecule has 106 valence electrons. The predicted octanol–water partition coefficient (Wildman–Crippen LogP) is 3.21. The molecule has 0 aromatic heterocycles. The summed E-state index contributed by atoms with van der Waals surface area (Å²) in [6, 6.07) is 6.06. The largest absolute Gasteiger partial charge is 0.378 e. The van der Waals surface area contributed by atoms with E-state index >= 15 is 0 Å². The SMILES string of the molecule is CC1(C)COCCN1C(CN)c1ccc(Cl)cc1Br. The second-order valence-corrected chi connectivity index (χ2v) is 6.77. The van der Waals surface area contributed by atoms with Crippen molar-refractivity contribution in [2.24, 2.45) is 5.73 Å². The topological polar surface area (TPSA) is 38.5 Å². The van der Waals surface area contributed by atoms with Crippen LogP contribution in [0.3, 0.4) is 0 Å². The Labute approximate surface area is 128 Å². The zero-order chi connectivity index (χ0) is 14.0. The Balaban J connectivity index is 2.33. The van der Waals surface area contributed by atoms with E-state index in [9.17, 15) is 0 Å². The molecule has 2 N–H and O–H groups in total. The first kappa shape index (κ1) is 15.3. The molecule has 0 amide bonds. The van der Waals surface area contributed by atoms with E-state index < -0.39 is 0 Å². The molecule has 1 aliphatic rings. The van der Waals surface area contributed by atoms with Gasteiger partial charge in [0.15, 0.2) is 0 Å². The minimum atomic E-state index is -0.0125. The summed E-state index contributed by atoms with van der Waals surface area (Å²) in [5.74, 6) is 0. The van der Waals surface area contributed by atoms with Gasteiger partial charge in [0.2, 0.25) is 0 Å². The Hall–Kier alpha value is -0.130. The summed E-state index contributed by atoms with van der Waals surface area (Å²) in [7, 11) is 0. The van der Waals surface area contributed by atoms with E-state index in [4.69, 9.17) is 22.1 Å². The fraction of sp³-hybridized carbons (Fsp3) is 0.571. The van der Waals surface area contributed by atoms with E-state index in [-0.39, 0.29) is 11.6 Å². The first-order valence-corrected chi connectivity index (χ1v) is 7.62. The number of rotatable bonds is 3. The van der Waals surface area contributed by atoms with Gasteiger partial charge < -0.3 is 10.5 Å². The summed E-state index contributed by atoms with van der Waals surface area (Å²) in [5, 5.41) is 0.729. The third-order valence-corrected chi connectivity index (χ3v) is 4.55. The van der Waals surface area contributed by atoms with Gasteiger partial charge in [-0.3, -0.25) is 4.90 Å². The maximum atomic E-state index is 6.03. The summed E-state index contributed by atoms with van der Waals surface area (Å²) >= 11 is 9.61. The van der Waals surface area contributed by atoms with Crippen LogP contribution in [0.4, 0.5) is 0 Å². The van der Waals surface area contributed by atoms with Crippen molar-refractivity contribution in [3.05, 3.63) is 33.3 Å². The Kier molecular flexibility index (Phi) is 4.90. The van der Waals surface area contributed by atoms with Crippen LogP contribution in [-0.4, -0.2) is 36.7 Å². The highest BCUT2D eigenvalue weighted by Gasteiger charge is 2.36. The molecule has 1 heterocycles. The summed E-state index contributed by atoms with van der Waals surface area (Å²) < 4.78 is 6.59. The normalized spacial score (nSPS) is 21.3. The second kappa shape index (κ2) is 6.10. The molecule has 1 aliphatic heterocycles. The van der Waals surface area contributed by atoms with Gasteiger partial charge in [-0.05, 0) is 31.5 Å². The molecule has 1 aromatic carbocycles. The van der Waals surface area contributed by atoms with Gasteiger partial charge >= 0.3 is 0 Å². The lowest BCUT2D eigenvalue weighted by Gasteiger charge is -2.46. The van der Waals surface area contributed by atoms with Gasteiger partial charge in [0.05, 0.1) is 13.2 Å². The molecule has 3 nitrogen and oxygen atoms in total. The molecular weight excluding hydrogens is 328 g/mol. The molecule has 5 heteroatoms. The molecule has 0 radical (unpaired) electrons. The van der Waals surface area contributed by atoms with Crippen LogP contribution in [0, 0.1) is 0 Å². The minimum Gasteiger partial charge on any atom is -0.378 e. The number of nitrogens with two attached hydrogens (primary N) is 1. The predicted molar refractivity (Wildman–Crippen MR) is 82.6 cm³/mol. The van der Waals surface area contributed by atoms with Crippen molar-refractivity contribution in [1.82, 2.24) is 4.90 Å². The number of nitrogens with zero attached hydrogens (tertiary/aromatic N) is 1. The Morgan fingerprint density at radius 1 is 1.53 bits per heavy atom. The fourth-order valence-electron chi connectivity index (χ4n) is 2.64. The van der Waals surface area contributed by atoms with Gasteiger partial charge in [-0.15, -0.1) is 0 Å². The lowest BCUT2D eigenvalue weighted by molar-refractivity contribution is -0.0713. The van der Waals surface area contributed by atoms with Crippen molar-refractivity contribution in [3.63, 3.8) is 0 Å². The van der Waals surface area contributed by atoms with Crippen molar-refractivity contribution < 1.29 is 4.74 Å². The molecule has 0 saturated carbocycles. The maximum Gasteiger partial charge on any atom is 0.0645 e. The molecule has 2 rings (SSSR count). The summed E-state index contributed by atoms with van der Waals surface area (Å²) in [6.07, 6.45) is 0. The maximum absolute atomic E-state index is 6.03. The first-order valence-electron chi connectivity index (χ1n) is 6.45. The zero-order valence-corrected chi connectivity index (χ0v) is 13.7. The van der Waals surface area contributed by atoms with E-state index in [1.807, 2.05) is 12.1 Å². The Morgan fingerprint density at radius 2 is 2.26 bits per heavy atom. The van der Waals surface area contributed by atoms with Gasteiger partial charge in [0, 0.05) is 34.2 Å². The van der Waals surface area contributed by atoms with Crippen molar-refractivity contribution >= 4 is 27.5 Å². The standard InChI is InChI=1S/C14H20BrClN2O/c1-14(2)9-19-6-5-18(14)13(8-17)11-4-3-10(16)7-12(11)15/h3-4,7,13H,5-6,8-9,17H2,1-2H3. The number of benzene rings is 1. The molecule has 1 fully saturated rings. The third-order valence-electron chi connectivity index (χ3n) is 3.63. The van der Waals surface area contributed by atoms with Crippen molar-refractivity contribution in [2.45, 2.75) is 25.4 Å². The Bertz CT molecular complexity index is 453. The highest BCUT2D eigenvalue weighted by molar-refractivity contribution is 9.10. The molecule has 0 spiro atoms. The van der Waals surface area contributed by atoms with Gasteiger partial charge in [0.25, 0.3) is 0 Å². The average Bonchev–Trinajstić information content (AvgIpc) is 2.34. The lowest BCUT2D eigenvalue weighted by Crippen LogP contribution is -2.55. The number of hydrogen-bond donors (Lipinski definition) is 1. The summed E-state index contributed by atoms with van der Waals surface area (Å²) in [4.78, 5) is 2.42. The van der Waals surface area contributed by atoms with Crippen molar-refractivity contribution in [3.8, 4) is 0 Å². The minimum absolute atomic E-state index is 0.0125. The van der Waals surface area contributed by atoms with Crippen LogP contribution >= 0.6 is 27.5 Å². The molecule has 19 heavy (non-hydrogen) atoms. The van der Waals surface area contributed by atoms with E-state index in [0.29, 0.717) is 6.54 Å². The third kappa shape index (κ3) is 3.31. The first-order chi connectivity index (χ1) is 8.95. The molecule has 1 aromatic rings. The van der Waals surface area contributed by atoms with E-state index in [0.717, 1.165) is 29.3 Å². The highest BCUT2D eigenvalue weighted by Crippen LogP contribution is 2.34. The average molecular weight is 348 g/mol. The lowest BCUT2D eigenvalue weighted by atomic mass is 9.95. The fourth-order valence-corrected chi connectivity index (χ4v) is 3.59. The number of morpholine rings is 1. The van der Waals surface area contributed by atoms with E-state index in [1.54, 1.807) is 0 Å². The van der Waals surface area contributed by atoms with E-state index in [2.05, 4.69) is 40.7 Å². The molecule has 1 saturated heterocycles. The number of ether oxygens (including phenoxy) is 1. The Morgan fingerprint density at radius 3 is 2.84 bits per heavy atom. The smallest absolute Gasteiger partial charge is 0.0645 e. The van der Waals surface area contributed by atoms with Crippen LogP contribution < -0.4 is 5.73 Å². The number of hydrogen-bond acceptors (Lipinski definition) is 3. The second-order valence-electron chi connectivity index (χ2n) is 5.48. The van der Waals surface area contributed by atoms with Crippen LogP contribution in [0.15, 0.2) is 22.7 Å². The highest BCUT2D eigenvalue weighted by atomic mass is 79.9. The molecular formula is C14H20BrClN2O. The molecule has 1 unspecified atom stereocenters. The summed E-state index contributed by atoms with van der Waals surface area (Å²) in [5.41, 5.74) is 7.20. The molecule has 1 atom stereocenters. The van der Waals surface area contributed by atoms with Crippen LogP contribution in [0.1, 0.15) is 25.5 Å².